The Morgan fingerprint density at radius 2 is 1.55 bits per heavy atom. The van der Waals surface area contributed by atoms with Crippen molar-refractivity contribution >= 4 is 16.9 Å². The summed E-state index contributed by atoms with van der Waals surface area (Å²) in [7, 11) is 3.36. The highest BCUT2D eigenvalue weighted by atomic mass is 16.5. The number of benzene rings is 4. The molecule has 7 nitrogen and oxygen atoms in total. The Kier molecular flexibility index (Phi) is 10.2. The van der Waals surface area contributed by atoms with E-state index in [1.807, 2.05) is 36.4 Å². The SMILES string of the molecule is COc1ccc(CN(CC(c2ccccc2)c2ccccc2)[C@H](C)CCOc2cccc3c2ccn3CC(=O)O)c(OC)c1. The fraction of sp³-hybridized carbons (Fsp3) is 0.270. The second kappa shape index (κ2) is 14.6. The number of aromatic nitrogens is 1. The first kappa shape index (κ1) is 30.7. The smallest absolute Gasteiger partial charge is 0.323 e. The van der Waals surface area contributed by atoms with Crippen molar-refractivity contribution in [2.24, 2.45) is 0 Å². The van der Waals surface area contributed by atoms with Crippen LogP contribution in [0.15, 0.2) is 109 Å². The maximum absolute atomic E-state index is 11.3. The number of carbonyl (C=O) groups is 1. The van der Waals surface area contributed by atoms with E-state index >= 15 is 0 Å². The van der Waals surface area contributed by atoms with E-state index in [0.717, 1.165) is 46.7 Å². The minimum absolute atomic E-state index is 0.0856. The van der Waals surface area contributed by atoms with Gasteiger partial charge in [-0.1, -0.05) is 72.8 Å². The van der Waals surface area contributed by atoms with Crippen molar-refractivity contribution in [3.8, 4) is 17.2 Å². The molecule has 1 N–H and O–H groups in total. The van der Waals surface area contributed by atoms with Gasteiger partial charge in [0.05, 0.1) is 26.3 Å². The van der Waals surface area contributed by atoms with Gasteiger partial charge in [-0.3, -0.25) is 9.69 Å². The Balaban J connectivity index is 1.39. The van der Waals surface area contributed by atoms with E-state index in [1.165, 1.54) is 11.1 Å². The average molecular weight is 593 g/mol. The number of methoxy groups -OCH3 is 2. The van der Waals surface area contributed by atoms with Crippen LogP contribution >= 0.6 is 0 Å². The summed E-state index contributed by atoms with van der Waals surface area (Å²) in [6, 6.07) is 35.2. The maximum atomic E-state index is 11.3. The molecule has 0 saturated carbocycles. The quantitative estimate of drug-likeness (QED) is 0.138. The molecule has 0 aliphatic rings. The van der Waals surface area contributed by atoms with Crippen molar-refractivity contribution in [1.29, 1.82) is 0 Å². The summed E-state index contributed by atoms with van der Waals surface area (Å²) in [5, 5.41) is 10.2. The molecule has 0 aliphatic carbocycles. The lowest BCUT2D eigenvalue weighted by atomic mass is 9.90. The summed E-state index contributed by atoms with van der Waals surface area (Å²) in [4.78, 5) is 13.8. The third kappa shape index (κ3) is 7.41. The largest absolute Gasteiger partial charge is 0.497 e. The highest BCUT2D eigenvalue weighted by molar-refractivity contribution is 5.87. The Bertz CT molecular complexity index is 1610. The molecule has 1 heterocycles. The van der Waals surface area contributed by atoms with Gasteiger partial charge in [0.25, 0.3) is 0 Å². The number of nitrogens with zero attached hydrogens (tertiary/aromatic N) is 2. The molecule has 0 spiro atoms. The second-order valence-corrected chi connectivity index (χ2v) is 11.0. The van der Waals surface area contributed by atoms with E-state index in [4.69, 9.17) is 14.2 Å². The number of carboxylic acids is 1. The lowest BCUT2D eigenvalue weighted by molar-refractivity contribution is -0.137. The van der Waals surface area contributed by atoms with Gasteiger partial charge in [-0.15, -0.1) is 0 Å². The van der Waals surface area contributed by atoms with E-state index in [0.29, 0.717) is 13.2 Å². The van der Waals surface area contributed by atoms with Gasteiger partial charge >= 0.3 is 5.97 Å². The summed E-state index contributed by atoms with van der Waals surface area (Å²) in [5.74, 6) is 1.62. The fourth-order valence-electron chi connectivity index (χ4n) is 5.74. The van der Waals surface area contributed by atoms with E-state index in [1.54, 1.807) is 25.0 Å². The molecule has 228 valence electrons. The van der Waals surface area contributed by atoms with E-state index < -0.39 is 5.97 Å². The number of hydrogen-bond acceptors (Lipinski definition) is 5. The lowest BCUT2D eigenvalue weighted by Gasteiger charge is -2.33. The van der Waals surface area contributed by atoms with Crippen LogP contribution in [0.2, 0.25) is 0 Å². The second-order valence-electron chi connectivity index (χ2n) is 11.0. The van der Waals surface area contributed by atoms with Gasteiger partial charge in [0.2, 0.25) is 0 Å². The van der Waals surface area contributed by atoms with Crippen LogP contribution in [0.25, 0.3) is 10.9 Å². The minimum atomic E-state index is -0.875. The molecule has 4 aromatic carbocycles. The number of rotatable bonds is 15. The molecular weight excluding hydrogens is 552 g/mol. The maximum Gasteiger partial charge on any atom is 0.323 e. The predicted octanol–water partition coefficient (Wildman–Crippen LogP) is 7.23. The van der Waals surface area contributed by atoms with Crippen molar-refractivity contribution in [2.45, 2.75) is 38.4 Å². The highest BCUT2D eigenvalue weighted by Gasteiger charge is 2.24. The van der Waals surface area contributed by atoms with Crippen LogP contribution in [-0.4, -0.2) is 54.0 Å². The van der Waals surface area contributed by atoms with E-state index in [9.17, 15) is 9.90 Å². The van der Waals surface area contributed by atoms with Crippen molar-refractivity contribution in [3.05, 3.63) is 126 Å². The molecule has 5 rings (SSSR count). The Hall–Kier alpha value is -4.75. The summed E-state index contributed by atoms with van der Waals surface area (Å²) >= 11 is 0. The third-order valence-corrected chi connectivity index (χ3v) is 8.18. The Labute approximate surface area is 259 Å². The van der Waals surface area contributed by atoms with E-state index in [-0.39, 0.29) is 18.5 Å². The summed E-state index contributed by atoms with van der Waals surface area (Å²) < 4.78 is 19.3. The first-order valence-corrected chi connectivity index (χ1v) is 14.9. The molecule has 0 bridgehead atoms. The topological polar surface area (TPSA) is 73.2 Å². The molecule has 0 saturated heterocycles. The van der Waals surface area contributed by atoms with Gasteiger partial charge < -0.3 is 23.9 Å². The predicted molar refractivity (Wildman–Crippen MR) is 174 cm³/mol. The molecule has 1 aromatic heterocycles. The van der Waals surface area contributed by atoms with Crippen molar-refractivity contribution in [3.63, 3.8) is 0 Å². The monoisotopic (exact) mass is 592 g/mol. The van der Waals surface area contributed by atoms with Gasteiger partial charge in [0.1, 0.15) is 23.8 Å². The third-order valence-electron chi connectivity index (χ3n) is 8.18. The van der Waals surface area contributed by atoms with Crippen molar-refractivity contribution < 1.29 is 24.1 Å². The van der Waals surface area contributed by atoms with Gasteiger partial charge in [-0.25, -0.2) is 0 Å². The van der Waals surface area contributed by atoms with Crippen LogP contribution in [0.3, 0.4) is 0 Å². The van der Waals surface area contributed by atoms with Crippen LogP contribution in [0, 0.1) is 0 Å². The number of carboxylic acid groups (broad SMARTS) is 1. The van der Waals surface area contributed by atoms with Crippen molar-refractivity contribution in [1.82, 2.24) is 9.47 Å². The first-order chi connectivity index (χ1) is 21.5. The Morgan fingerprint density at radius 3 is 2.18 bits per heavy atom. The van der Waals surface area contributed by atoms with Gasteiger partial charge in [0, 0.05) is 48.3 Å². The molecule has 1 atom stereocenters. The van der Waals surface area contributed by atoms with Crippen LogP contribution in [-0.2, 0) is 17.9 Å². The summed E-state index contributed by atoms with van der Waals surface area (Å²) in [5.41, 5.74) is 4.48. The fourth-order valence-corrected chi connectivity index (χ4v) is 5.74. The summed E-state index contributed by atoms with van der Waals surface area (Å²) in [6.45, 7) is 4.17. The van der Waals surface area contributed by atoms with Gasteiger partial charge in [-0.2, -0.15) is 0 Å². The molecule has 0 radical (unpaired) electrons. The van der Waals surface area contributed by atoms with Crippen LogP contribution < -0.4 is 14.2 Å². The molecular formula is C37H40N2O5. The van der Waals surface area contributed by atoms with Gasteiger partial charge in [-0.05, 0) is 48.7 Å². The van der Waals surface area contributed by atoms with E-state index in [2.05, 4.69) is 78.6 Å². The molecule has 0 fully saturated rings. The number of fused-ring (bicyclic) bond motifs is 1. The van der Waals surface area contributed by atoms with Crippen LogP contribution in [0.1, 0.15) is 36.0 Å². The zero-order chi connectivity index (χ0) is 30.9. The number of aliphatic carboxylic acids is 1. The normalized spacial score (nSPS) is 12.0. The first-order valence-electron chi connectivity index (χ1n) is 14.9. The highest BCUT2D eigenvalue weighted by Crippen LogP contribution is 2.31. The standard InChI is InChI=1S/C37H40N2O5/c1-27(20-22-44-35-16-10-15-34-32(35)19-21-38(34)26-37(40)41)39(24-30-17-18-31(42-2)23-36(30)43-3)25-33(28-11-6-4-7-12-28)29-13-8-5-9-14-29/h4-19,21,23,27,33H,20,22,24-26H2,1-3H3,(H,40,41)/t27-/m1/s1. The molecule has 44 heavy (non-hydrogen) atoms. The van der Waals surface area contributed by atoms with Crippen LogP contribution in [0.4, 0.5) is 0 Å². The zero-order valence-electron chi connectivity index (χ0n) is 25.6. The Morgan fingerprint density at radius 1 is 0.841 bits per heavy atom. The summed E-state index contributed by atoms with van der Waals surface area (Å²) in [6.07, 6.45) is 2.59. The molecule has 0 amide bonds. The number of ether oxygens (including phenoxy) is 3. The molecule has 7 heteroatoms. The minimum Gasteiger partial charge on any atom is -0.497 e. The lowest BCUT2D eigenvalue weighted by Crippen LogP contribution is -2.37. The molecule has 5 aromatic rings. The van der Waals surface area contributed by atoms with Gasteiger partial charge in [0.15, 0.2) is 0 Å². The van der Waals surface area contributed by atoms with Crippen LogP contribution in [0.5, 0.6) is 17.2 Å². The molecule has 0 unspecified atom stereocenters. The molecule has 0 aliphatic heterocycles. The average Bonchev–Trinajstić information content (AvgIpc) is 3.46. The number of hydrogen-bond donors (Lipinski definition) is 1. The van der Waals surface area contributed by atoms with Crippen molar-refractivity contribution in [2.75, 3.05) is 27.4 Å². The zero-order valence-corrected chi connectivity index (χ0v) is 25.6.